The van der Waals surface area contributed by atoms with E-state index in [-0.39, 0.29) is 17.0 Å². The highest BCUT2D eigenvalue weighted by atomic mass is 16.7. The first-order valence-corrected chi connectivity index (χ1v) is 8.95. The summed E-state index contributed by atoms with van der Waals surface area (Å²) in [7, 11) is 0. The Bertz CT molecular complexity index is 799. The number of ketones is 1. The Kier molecular flexibility index (Phi) is 7.70. The summed E-state index contributed by atoms with van der Waals surface area (Å²) >= 11 is 0. The van der Waals surface area contributed by atoms with Crippen molar-refractivity contribution in [2.45, 2.75) is 50.1 Å². The number of carboxylic acids is 1. The van der Waals surface area contributed by atoms with Crippen LogP contribution < -0.4 is 15.8 Å². The molecular weight excluding hydrogens is 404 g/mol. The van der Waals surface area contributed by atoms with Gasteiger partial charge in [0.25, 0.3) is 0 Å². The van der Waals surface area contributed by atoms with E-state index in [1.807, 2.05) is 0 Å². The zero-order valence-corrected chi connectivity index (χ0v) is 16.0. The molecule has 1 aromatic carbocycles. The summed E-state index contributed by atoms with van der Waals surface area (Å²) in [6.45, 7) is 0.461. The van der Waals surface area contributed by atoms with Crippen LogP contribution in [0.3, 0.4) is 0 Å². The number of carboxylic acid groups (broad SMARTS) is 1. The average molecular weight is 428 g/mol. The number of nitrogen functional groups attached to an aromatic ring is 1. The third kappa shape index (κ3) is 5.23. The maximum atomic E-state index is 12.5. The van der Waals surface area contributed by atoms with Crippen LogP contribution in [0.15, 0.2) is 18.2 Å². The van der Waals surface area contributed by atoms with Gasteiger partial charge in [0.05, 0.1) is 12.3 Å². The lowest BCUT2D eigenvalue weighted by molar-refractivity contribution is -0.277. The molecule has 1 fully saturated rings. The average Bonchev–Trinajstić information content (AvgIpc) is 2.68. The van der Waals surface area contributed by atoms with Crippen molar-refractivity contribution in [3.05, 3.63) is 23.8 Å². The van der Waals surface area contributed by atoms with E-state index in [1.54, 1.807) is 0 Å². The molecular formula is C18H24N2O10. The lowest BCUT2D eigenvalue weighted by atomic mass is 9.99. The lowest BCUT2D eigenvalue weighted by Gasteiger charge is -2.39. The number of rotatable bonds is 8. The number of carbonyl (C=O) groups is 3. The van der Waals surface area contributed by atoms with Crippen LogP contribution in [0.25, 0.3) is 0 Å². The molecule has 30 heavy (non-hydrogen) atoms. The summed E-state index contributed by atoms with van der Waals surface area (Å²) in [5.41, 5.74) is 5.67. The van der Waals surface area contributed by atoms with Crippen LogP contribution in [0.5, 0.6) is 5.75 Å². The molecule has 0 aromatic heterocycles. The quantitative estimate of drug-likeness (QED) is 0.171. The second-order valence-corrected chi connectivity index (χ2v) is 6.75. The molecule has 0 radical (unpaired) electrons. The van der Waals surface area contributed by atoms with Crippen LogP contribution in [0.1, 0.15) is 23.7 Å². The molecule has 1 saturated heterocycles. The Balaban J connectivity index is 2.21. The molecule has 166 valence electrons. The van der Waals surface area contributed by atoms with Gasteiger partial charge in [-0.2, -0.15) is 0 Å². The summed E-state index contributed by atoms with van der Waals surface area (Å²) < 4.78 is 10.7. The van der Waals surface area contributed by atoms with Gasteiger partial charge in [-0.1, -0.05) is 6.07 Å². The standard InChI is InChI=1S/C18H24N2O10/c1-7(22)20-9(17(27)28)5-10(23)8-3-2-4-11(13(8)19)29-18-16(26)15(25)14(24)12(6-21)30-18/h2-4,9,12,14-16,18,21,24-26H,5-6,19H2,1H3,(H,20,22)(H,27,28)/t9?,12-,14-,15+,16-,18-/m1/s1. The maximum absolute atomic E-state index is 12.5. The SMILES string of the molecule is CC(=O)NC(CC(=O)c1cccc(O[C@@H]2O[C@H](CO)[C@@H](O)[C@H](O)[C@H]2O)c1N)C(=O)O. The summed E-state index contributed by atoms with van der Waals surface area (Å²) in [6.07, 6.45) is -8.20. The van der Waals surface area contributed by atoms with Gasteiger partial charge >= 0.3 is 5.97 Å². The number of hydrogen-bond donors (Lipinski definition) is 7. The van der Waals surface area contributed by atoms with Gasteiger partial charge in [0, 0.05) is 18.9 Å². The first-order valence-electron chi connectivity index (χ1n) is 8.95. The van der Waals surface area contributed by atoms with Crippen molar-refractivity contribution in [1.82, 2.24) is 5.32 Å². The van der Waals surface area contributed by atoms with Crippen molar-refractivity contribution in [2.24, 2.45) is 0 Å². The van der Waals surface area contributed by atoms with Crippen molar-refractivity contribution in [1.29, 1.82) is 0 Å². The molecule has 0 saturated carbocycles. The molecule has 6 atom stereocenters. The Hall–Kier alpha value is -2.77. The number of aliphatic hydroxyl groups excluding tert-OH is 4. The first kappa shape index (κ1) is 23.5. The van der Waals surface area contributed by atoms with Gasteiger partial charge in [0.2, 0.25) is 12.2 Å². The molecule has 1 unspecified atom stereocenters. The van der Waals surface area contributed by atoms with Crippen molar-refractivity contribution < 1.29 is 49.4 Å². The number of aliphatic carboxylic acids is 1. The minimum Gasteiger partial charge on any atom is -0.480 e. The van der Waals surface area contributed by atoms with Gasteiger partial charge in [-0.15, -0.1) is 0 Å². The van der Waals surface area contributed by atoms with E-state index in [2.05, 4.69) is 5.32 Å². The van der Waals surface area contributed by atoms with Gasteiger partial charge in [0.1, 0.15) is 36.2 Å². The van der Waals surface area contributed by atoms with Crippen LogP contribution in [0.4, 0.5) is 5.69 Å². The third-order valence-corrected chi connectivity index (χ3v) is 4.52. The van der Waals surface area contributed by atoms with E-state index >= 15 is 0 Å². The normalized spacial score (nSPS) is 27.2. The first-order chi connectivity index (χ1) is 14.1. The zero-order valence-electron chi connectivity index (χ0n) is 16.0. The maximum Gasteiger partial charge on any atom is 0.326 e. The second-order valence-electron chi connectivity index (χ2n) is 6.75. The summed E-state index contributed by atoms with van der Waals surface area (Å²) in [4.78, 5) is 34.9. The highest BCUT2D eigenvalue weighted by Crippen LogP contribution is 2.30. The Morgan fingerprint density at radius 2 is 1.87 bits per heavy atom. The minimum absolute atomic E-state index is 0.0892. The van der Waals surface area contributed by atoms with Crippen LogP contribution in [0.2, 0.25) is 0 Å². The number of aliphatic hydroxyl groups is 4. The largest absolute Gasteiger partial charge is 0.480 e. The zero-order chi connectivity index (χ0) is 22.6. The number of ether oxygens (including phenoxy) is 2. The molecule has 1 amide bonds. The van der Waals surface area contributed by atoms with Gasteiger partial charge in [-0.3, -0.25) is 9.59 Å². The number of anilines is 1. The van der Waals surface area contributed by atoms with Gasteiger partial charge in [-0.05, 0) is 12.1 Å². The molecule has 0 bridgehead atoms. The van der Waals surface area contributed by atoms with Crippen LogP contribution in [-0.2, 0) is 14.3 Å². The molecule has 1 aliphatic heterocycles. The topological polar surface area (TPSA) is 209 Å². The lowest BCUT2D eigenvalue weighted by Crippen LogP contribution is -2.60. The smallest absolute Gasteiger partial charge is 0.326 e. The Morgan fingerprint density at radius 3 is 2.43 bits per heavy atom. The van der Waals surface area contributed by atoms with E-state index in [0.29, 0.717) is 0 Å². The fraction of sp³-hybridized carbons (Fsp3) is 0.500. The molecule has 1 aromatic rings. The number of benzene rings is 1. The van der Waals surface area contributed by atoms with Crippen LogP contribution in [-0.4, -0.2) is 86.5 Å². The second kappa shape index (κ2) is 9.82. The van der Waals surface area contributed by atoms with Gasteiger partial charge < -0.3 is 46.1 Å². The Labute approximate surface area is 170 Å². The molecule has 8 N–H and O–H groups in total. The van der Waals surface area contributed by atoms with Crippen molar-refractivity contribution >= 4 is 23.3 Å². The molecule has 12 nitrogen and oxygen atoms in total. The van der Waals surface area contributed by atoms with E-state index < -0.39 is 67.4 Å². The number of hydrogen-bond acceptors (Lipinski definition) is 10. The molecule has 0 spiro atoms. The number of Topliss-reactive ketones (excluding diaryl/α,β-unsaturated/α-hetero) is 1. The Morgan fingerprint density at radius 1 is 1.20 bits per heavy atom. The van der Waals surface area contributed by atoms with E-state index in [0.717, 1.165) is 6.92 Å². The third-order valence-electron chi connectivity index (χ3n) is 4.52. The van der Waals surface area contributed by atoms with E-state index in [9.17, 15) is 34.8 Å². The van der Waals surface area contributed by atoms with Gasteiger partial charge in [-0.25, -0.2) is 4.79 Å². The minimum atomic E-state index is -1.68. The number of nitrogens with one attached hydrogen (secondary N) is 1. The molecule has 0 aliphatic carbocycles. The van der Waals surface area contributed by atoms with Crippen molar-refractivity contribution in [3.63, 3.8) is 0 Å². The van der Waals surface area contributed by atoms with E-state index in [4.69, 9.17) is 20.3 Å². The van der Waals surface area contributed by atoms with Crippen LogP contribution in [0, 0.1) is 0 Å². The summed E-state index contributed by atoms with van der Waals surface area (Å²) in [5, 5.41) is 50.2. The number of carbonyl (C=O) groups excluding carboxylic acids is 2. The van der Waals surface area contributed by atoms with Crippen LogP contribution >= 0.6 is 0 Å². The molecule has 12 heteroatoms. The predicted octanol–water partition coefficient (Wildman–Crippen LogP) is -2.39. The monoisotopic (exact) mass is 428 g/mol. The van der Waals surface area contributed by atoms with Crippen molar-refractivity contribution in [2.75, 3.05) is 12.3 Å². The summed E-state index contributed by atoms with van der Waals surface area (Å²) in [5.74, 6) is -2.82. The predicted molar refractivity (Wildman–Crippen MR) is 99.4 cm³/mol. The highest BCUT2D eigenvalue weighted by molar-refractivity contribution is 6.04. The number of nitrogens with two attached hydrogens (primary N) is 1. The fourth-order valence-corrected chi connectivity index (χ4v) is 2.92. The fourth-order valence-electron chi connectivity index (χ4n) is 2.92. The van der Waals surface area contributed by atoms with Gasteiger partial charge in [0.15, 0.2) is 5.78 Å². The summed E-state index contributed by atoms with van der Waals surface area (Å²) in [6, 6.07) is 2.60. The van der Waals surface area contributed by atoms with E-state index in [1.165, 1.54) is 18.2 Å². The number of amides is 1. The highest BCUT2D eigenvalue weighted by Gasteiger charge is 2.45. The molecule has 2 rings (SSSR count). The molecule has 1 heterocycles. The molecule has 1 aliphatic rings. The van der Waals surface area contributed by atoms with Crippen molar-refractivity contribution in [3.8, 4) is 5.75 Å². The number of para-hydroxylation sites is 1.